The van der Waals surface area contributed by atoms with Crippen LogP contribution in [0.5, 0.6) is 0 Å². The number of amides is 2. The Morgan fingerprint density at radius 3 is 2.47 bits per heavy atom. The van der Waals surface area contributed by atoms with Crippen LogP contribution in [0.4, 0.5) is 5.69 Å². The van der Waals surface area contributed by atoms with Crippen LogP contribution in [-0.2, 0) is 10.0 Å². The summed E-state index contributed by atoms with van der Waals surface area (Å²) in [5.41, 5.74) is 2.30. The average molecular weight is 472 g/mol. The quantitative estimate of drug-likeness (QED) is 0.493. The smallest absolute Gasteiger partial charge is 0.268 e. The van der Waals surface area contributed by atoms with E-state index in [1.54, 1.807) is 62.5 Å². The van der Waals surface area contributed by atoms with Crippen LogP contribution in [-0.4, -0.2) is 40.4 Å². The number of nitrogens with zero attached hydrogens (tertiary/aromatic N) is 1. The van der Waals surface area contributed by atoms with E-state index in [1.807, 2.05) is 18.4 Å². The second kappa shape index (κ2) is 10.1. The number of carbonyl (C=O) groups is 2. The van der Waals surface area contributed by atoms with Crippen LogP contribution in [0.25, 0.3) is 0 Å². The van der Waals surface area contributed by atoms with Gasteiger partial charge < -0.3 is 10.2 Å². The molecule has 168 valence electrons. The molecule has 0 saturated carbocycles. The predicted molar refractivity (Wildman–Crippen MR) is 127 cm³/mol. The molecule has 0 aliphatic heterocycles. The lowest BCUT2D eigenvalue weighted by atomic mass is 10.1. The van der Waals surface area contributed by atoms with Crippen molar-refractivity contribution in [3.05, 3.63) is 81.5 Å². The molecule has 7 nitrogen and oxygen atoms in total. The minimum absolute atomic E-state index is 0.0353. The van der Waals surface area contributed by atoms with Crippen LogP contribution < -0.4 is 14.9 Å². The molecule has 32 heavy (non-hydrogen) atoms. The molecule has 2 aromatic carbocycles. The molecule has 0 atom stereocenters. The fourth-order valence-corrected chi connectivity index (χ4v) is 5.22. The second-order valence-electron chi connectivity index (χ2n) is 7.28. The number of sulfonamides is 1. The number of hydrogen-bond donors (Lipinski definition) is 2. The van der Waals surface area contributed by atoms with Gasteiger partial charge in [-0.05, 0) is 54.6 Å². The van der Waals surface area contributed by atoms with Crippen LogP contribution in [0.15, 0.2) is 64.9 Å². The Morgan fingerprint density at radius 1 is 1.00 bits per heavy atom. The normalized spacial score (nSPS) is 11.2. The minimum Gasteiger partial charge on any atom is -0.351 e. The van der Waals surface area contributed by atoms with Gasteiger partial charge >= 0.3 is 0 Å². The Kier molecular flexibility index (Phi) is 7.44. The summed E-state index contributed by atoms with van der Waals surface area (Å²) in [6.45, 7) is 3.70. The molecule has 0 saturated heterocycles. The number of benzene rings is 2. The summed E-state index contributed by atoms with van der Waals surface area (Å²) >= 11 is 1.33. The maximum Gasteiger partial charge on any atom is 0.268 e. The summed E-state index contributed by atoms with van der Waals surface area (Å²) in [6, 6.07) is 15.5. The van der Waals surface area contributed by atoms with Gasteiger partial charge in [0.1, 0.15) is 0 Å². The Morgan fingerprint density at radius 2 is 1.75 bits per heavy atom. The highest BCUT2D eigenvalue weighted by Gasteiger charge is 2.20. The second-order valence-corrected chi connectivity index (χ2v) is 9.96. The first kappa shape index (κ1) is 23.6. The molecule has 0 fully saturated rings. The summed E-state index contributed by atoms with van der Waals surface area (Å²) < 4.78 is 27.7. The molecule has 2 amide bonds. The average Bonchev–Trinajstić information content (AvgIpc) is 3.32. The number of para-hydroxylation sites is 1. The van der Waals surface area contributed by atoms with Crippen LogP contribution in [0.2, 0.25) is 0 Å². The monoisotopic (exact) mass is 471 g/mol. The molecule has 0 bridgehead atoms. The first-order valence-corrected chi connectivity index (χ1v) is 12.3. The van der Waals surface area contributed by atoms with Crippen molar-refractivity contribution in [3.8, 4) is 0 Å². The summed E-state index contributed by atoms with van der Waals surface area (Å²) in [6.07, 6.45) is 0. The SMILES string of the molecule is Cc1ccc(C)c(S(=O)(=O)NCCNC(=O)c2ccccc2N(C)C(=O)c2cccs2)c1. The molecule has 0 spiro atoms. The molecule has 1 aromatic heterocycles. The van der Waals surface area contributed by atoms with E-state index in [2.05, 4.69) is 10.0 Å². The van der Waals surface area contributed by atoms with Gasteiger partial charge in [0.05, 0.1) is 21.0 Å². The van der Waals surface area contributed by atoms with Crippen LogP contribution in [0.1, 0.15) is 31.2 Å². The van der Waals surface area contributed by atoms with Gasteiger partial charge in [-0.15, -0.1) is 11.3 Å². The first-order valence-electron chi connectivity index (χ1n) is 9.96. The van der Waals surface area contributed by atoms with Gasteiger partial charge in [-0.25, -0.2) is 13.1 Å². The molecule has 0 aliphatic carbocycles. The topological polar surface area (TPSA) is 95.6 Å². The highest BCUT2D eigenvalue weighted by Crippen LogP contribution is 2.22. The van der Waals surface area contributed by atoms with Crippen LogP contribution >= 0.6 is 11.3 Å². The van der Waals surface area contributed by atoms with Gasteiger partial charge in [-0.3, -0.25) is 9.59 Å². The van der Waals surface area contributed by atoms with Crippen molar-refractivity contribution in [2.24, 2.45) is 0 Å². The molecule has 0 unspecified atom stereocenters. The van der Waals surface area contributed by atoms with E-state index >= 15 is 0 Å². The Balaban J connectivity index is 1.63. The molecule has 3 rings (SSSR count). The van der Waals surface area contributed by atoms with E-state index in [4.69, 9.17) is 0 Å². The summed E-state index contributed by atoms with van der Waals surface area (Å²) in [4.78, 5) is 27.6. The van der Waals surface area contributed by atoms with E-state index < -0.39 is 15.9 Å². The number of nitrogens with one attached hydrogen (secondary N) is 2. The molecule has 3 aromatic rings. The standard InChI is InChI=1S/C23H25N3O4S2/c1-16-10-11-17(2)21(15-16)32(29,30)25-13-12-24-22(27)18-7-4-5-8-19(18)26(3)23(28)20-9-6-14-31-20/h4-11,14-15,25H,12-13H2,1-3H3,(H,24,27). The summed E-state index contributed by atoms with van der Waals surface area (Å²) in [5.74, 6) is -0.598. The van der Waals surface area contributed by atoms with Gasteiger partial charge in [0.25, 0.3) is 11.8 Å². The van der Waals surface area contributed by atoms with Crippen LogP contribution in [0, 0.1) is 13.8 Å². The third kappa shape index (κ3) is 5.42. The highest BCUT2D eigenvalue weighted by atomic mass is 32.2. The van der Waals surface area contributed by atoms with E-state index in [0.29, 0.717) is 21.7 Å². The van der Waals surface area contributed by atoms with E-state index in [1.165, 1.54) is 16.2 Å². The number of aryl methyl sites for hydroxylation is 2. The summed E-state index contributed by atoms with van der Waals surface area (Å²) in [5, 5.41) is 4.54. The van der Waals surface area contributed by atoms with Gasteiger partial charge in [-0.2, -0.15) is 0 Å². The van der Waals surface area contributed by atoms with E-state index in [0.717, 1.165) is 5.56 Å². The molecule has 9 heteroatoms. The Bertz CT molecular complexity index is 1220. The van der Waals surface area contributed by atoms with Crippen molar-refractivity contribution in [1.82, 2.24) is 10.0 Å². The van der Waals surface area contributed by atoms with Crippen molar-refractivity contribution in [2.45, 2.75) is 18.7 Å². The van der Waals surface area contributed by atoms with Gasteiger partial charge in [0, 0.05) is 20.1 Å². The fraction of sp³-hybridized carbons (Fsp3) is 0.217. The maximum atomic E-state index is 12.7. The van der Waals surface area contributed by atoms with Crippen LogP contribution in [0.3, 0.4) is 0 Å². The van der Waals surface area contributed by atoms with E-state index in [9.17, 15) is 18.0 Å². The fourth-order valence-electron chi connectivity index (χ4n) is 3.16. The van der Waals surface area contributed by atoms with Crippen molar-refractivity contribution < 1.29 is 18.0 Å². The number of carbonyl (C=O) groups excluding carboxylic acids is 2. The number of hydrogen-bond acceptors (Lipinski definition) is 5. The molecular formula is C23H25N3O4S2. The molecule has 2 N–H and O–H groups in total. The van der Waals surface area contributed by atoms with Crippen molar-refractivity contribution in [2.75, 3.05) is 25.0 Å². The zero-order chi connectivity index (χ0) is 23.3. The van der Waals surface area contributed by atoms with E-state index in [-0.39, 0.29) is 23.9 Å². The largest absolute Gasteiger partial charge is 0.351 e. The predicted octanol–water partition coefficient (Wildman–Crippen LogP) is 3.35. The molecule has 0 aliphatic rings. The number of rotatable bonds is 8. The molecule has 0 radical (unpaired) electrons. The third-order valence-electron chi connectivity index (χ3n) is 4.88. The number of thiophene rings is 1. The minimum atomic E-state index is -3.69. The first-order chi connectivity index (χ1) is 15.2. The maximum absolute atomic E-state index is 12.7. The number of anilines is 1. The highest BCUT2D eigenvalue weighted by molar-refractivity contribution is 7.89. The van der Waals surface area contributed by atoms with Crippen molar-refractivity contribution in [3.63, 3.8) is 0 Å². The summed E-state index contributed by atoms with van der Waals surface area (Å²) in [7, 11) is -2.07. The Labute approximate surface area is 192 Å². The van der Waals surface area contributed by atoms with Gasteiger partial charge in [0.2, 0.25) is 10.0 Å². The van der Waals surface area contributed by atoms with Gasteiger partial charge in [0.15, 0.2) is 0 Å². The lowest BCUT2D eigenvalue weighted by Crippen LogP contribution is -2.36. The lowest BCUT2D eigenvalue weighted by molar-refractivity contribution is 0.0955. The lowest BCUT2D eigenvalue weighted by Gasteiger charge is -2.20. The van der Waals surface area contributed by atoms with Gasteiger partial charge in [-0.1, -0.05) is 30.3 Å². The zero-order valence-corrected chi connectivity index (χ0v) is 19.7. The Hall–Kier alpha value is -3.01. The zero-order valence-electron chi connectivity index (χ0n) is 18.1. The third-order valence-corrected chi connectivity index (χ3v) is 7.34. The van der Waals surface area contributed by atoms with Crippen molar-refractivity contribution in [1.29, 1.82) is 0 Å². The molecular weight excluding hydrogens is 446 g/mol. The van der Waals surface area contributed by atoms with Crippen molar-refractivity contribution >= 4 is 38.9 Å². The molecule has 1 heterocycles.